The summed E-state index contributed by atoms with van der Waals surface area (Å²) in [6, 6.07) is 1.81. The highest BCUT2D eigenvalue weighted by molar-refractivity contribution is 5.94. The normalized spacial score (nSPS) is 14.4. The summed E-state index contributed by atoms with van der Waals surface area (Å²) < 4.78 is 40.5. The number of fused-ring (bicyclic) bond motifs is 1. The van der Waals surface area contributed by atoms with Crippen LogP contribution in [0.3, 0.4) is 0 Å². The highest BCUT2D eigenvalue weighted by Crippen LogP contribution is 2.25. The SMILES string of the molecule is Cc1c(F)cnc2c1CN(CC(=O)N[C@@H](C)c1ccc(F)cc1F)C(=O)N2. The van der Waals surface area contributed by atoms with E-state index in [1.807, 2.05) is 0 Å². The molecule has 142 valence electrons. The Hall–Kier alpha value is -3.10. The first-order valence-electron chi connectivity index (χ1n) is 8.20. The molecule has 1 aliphatic rings. The zero-order valence-electron chi connectivity index (χ0n) is 14.6. The van der Waals surface area contributed by atoms with Gasteiger partial charge in [-0.3, -0.25) is 10.1 Å². The molecule has 1 aromatic carbocycles. The van der Waals surface area contributed by atoms with Crippen molar-refractivity contribution in [3.63, 3.8) is 0 Å². The van der Waals surface area contributed by atoms with E-state index in [4.69, 9.17) is 0 Å². The third kappa shape index (κ3) is 3.86. The van der Waals surface area contributed by atoms with Crippen molar-refractivity contribution in [2.45, 2.75) is 26.4 Å². The smallest absolute Gasteiger partial charge is 0.323 e. The summed E-state index contributed by atoms with van der Waals surface area (Å²) in [5.74, 6) is -2.27. The molecule has 1 aliphatic heterocycles. The number of carbonyl (C=O) groups excluding carboxylic acids is 2. The van der Waals surface area contributed by atoms with Crippen molar-refractivity contribution >= 4 is 17.8 Å². The van der Waals surface area contributed by atoms with Crippen molar-refractivity contribution < 1.29 is 22.8 Å². The molecule has 2 N–H and O–H groups in total. The van der Waals surface area contributed by atoms with Crippen molar-refractivity contribution in [1.82, 2.24) is 15.2 Å². The predicted molar refractivity (Wildman–Crippen MR) is 91.3 cm³/mol. The Morgan fingerprint density at radius 1 is 1.33 bits per heavy atom. The van der Waals surface area contributed by atoms with E-state index < -0.39 is 35.4 Å². The van der Waals surface area contributed by atoms with Crippen molar-refractivity contribution in [3.05, 3.63) is 58.5 Å². The van der Waals surface area contributed by atoms with Crippen LogP contribution in [0.4, 0.5) is 23.8 Å². The zero-order valence-corrected chi connectivity index (χ0v) is 14.6. The molecule has 2 heterocycles. The second kappa shape index (κ2) is 7.26. The number of urea groups is 1. The number of benzene rings is 1. The number of amides is 3. The molecule has 0 saturated heterocycles. The molecule has 0 bridgehead atoms. The topological polar surface area (TPSA) is 74.3 Å². The Bertz CT molecular complexity index is 920. The standard InChI is InChI=1S/C18H17F3N4O2/c1-9-13-7-25(18(27)24-17(13)22-6-15(9)21)8-16(26)23-10(2)12-4-3-11(19)5-14(12)20/h3-6,10H,7-8H2,1-2H3,(H,23,26)(H,22,24,27)/t10-/m0/s1. The molecule has 1 aromatic heterocycles. The van der Waals surface area contributed by atoms with Gasteiger partial charge in [-0.05, 0) is 25.5 Å². The van der Waals surface area contributed by atoms with Crippen LogP contribution in [-0.4, -0.2) is 28.4 Å². The molecular formula is C18H17F3N4O2. The van der Waals surface area contributed by atoms with Crippen LogP contribution in [0.2, 0.25) is 0 Å². The number of nitrogens with one attached hydrogen (secondary N) is 2. The number of halogens is 3. The quantitative estimate of drug-likeness (QED) is 0.859. The number of aromatic nitrogens is 1. The van der Waals surface area contributed by atoms with Crippen molar-refractivity contribution in [3.8, 4) is 0 Å². The van der Waals surface area contributed by atoms with Crippen LogP contribution in [0.15, 0.2) is 24.4 Å². The monoisotopic (exact) mass is 378 g/mol. The molecule has 0 radical (unpaired) electrons. The molecule has 0 aliphatic carbocycles. The minimum absolute atomic E-state index is 0.0183. The number of pyridine rings is 1. The van der Waals surface area contributed by atoms with Crippen LogP contribution in [0.1, 0.15) is 29.7 Å². The molecule has 3 amide bonds. The first-order valence-corrected chi connectivity index (χ1v) is 8.20. The van der Waals surface area contributed by atoms with Gasteiger partial charge >= 0.3 is 6.03 Å². The van der Waals surface area contributed by atoms with Crippen LogP contribution in [0.5, 0.6) is 0 Å². The van der Waals surface area contributed by atoms with Gasteiger partial charge in [-0.15, -0.1) is 0 Å². The summed E-state index contributed by atoms with van der Waals surface area (Å²) in [5, 5.41) is 5.07. The fraction of sp³-hybridized carbons (Fsp3) is 0.278. The van der Waals surface area contributed by atoms with E-state index >= 15 is 0 Å². The van der Waals surface area contributed by atoms with E-state index in [1.54, 1.807) is 13.8 Å². The second-order valence-electron chi connectivity index (χ2n) is 6.30. The van der Waals surface area contributed by atoms with Gasteiger partial charge in [-0.1, -0.05) is 6.07 Å². The van der Waals surface area contributed by atoms with Gasteiger partial charge in [-0.25, -0.2) is 22.9 Å². The molecule has 2 aromatic rings. The average Bonchev–Trinajstić information content (AvgIpc) is 2.59. The van der Waals surface area contributed by atoms with Crippen LogP contribution in [-0.2, 0) is 11.3 Å². The number of hydrogen-bond acceptors (Lipinski definition) is 3. The van der Waals surface area contributed by atoms with Crippen molar-refractivity contribution in [1.29, 1.82) is 0 Å². The molecule has 0 spiro atoms. The summed E-state index contributed by atoms with van der Waals surface area (Å²) >= 11 is 0. The lowest BCUT2D eigenvalue weighted by Crippen LogP contribution is -2.45. The van der Waals surface area contributed by atoms with Crippen molar-refractivity contribution in [2.24, 2.45) is 0 Å². The van der Waals surface area contributed by atoms with Crippen LogP contribution < -0.4 is 10.6 Å². The number of hydrogen-bond donors (Lipinski definition) is 2. The minimum atomic E-state index is -0.774. The van der Waals surface area contributed by atoms with Gasteiger partial charge < -0.3 is 10.2 Å². The van der Waals surface area contributed by atoms with E-state index in [0.717, 1.165) is 18.3 Å². The molecule has 3 rings (SSSR count). The van der Waals surface area contributed by atoms with Gasteiger partial charge in [-0.2, -0.15) is 0 Å². The lowest BCUT2D eigenvalue weighted by molar-refractivity contribution is -0.122. The number of anilines is 1. The third-order valence-electron chi connectivity index (χ3n) is 4.41. The van der Waals surface area contributed by atoms with Gasteiger partial charge in [0.2, 0.25) is 5.91 Å². The lowest BCUT2D eigenvalue weighted by Gasteiger charge is -2.29. The summed E-state index contributed by atoms with van der Waals surface area (Å²) in [4.78, 5) is 29.4. The molecule has 0 fully saturated rings. The van der Waals surface area contributed by atoms with Gasteiger partial charge in [0.15, 0.2) is 0 Å². The van der Waals surface area contributed by atoms with E-state index in [2.05, 4.69) is 15.6 Å². The second-order valence-corrected chi connectivity index (χ2v) is 6.30. The highest BCUT2D eigenvalue weighted by atomic mass is 19.1. The largest absolute Gasteiger partial charge is 0.348 e. The Kier molecular flexibility index (Phi) is 5.02. The fourth-order valence-electron chi connectivity index (χ4n) is 2.88. The maximum Gasteiger partial charge on any atom is 0.323 e. The summed E-state index contributed by atoms with van der Waals surface area (Å²) in [5.41, 5.74) is 0.951. The summed E-state index contributed by atoms with van der Waals surface area (Å²) in [7, 11) is 0. The summed E-state index contributed by atoms with van der Waals surface area (Å²) in [6.45, 7) is 2.81. The van der Waals surface area contributed by atoms with Gasteiger partial charge in [0.05, 0.1) is 18.8 Å². The molecule has 27 heavy (non-hydrogen) atoms. The van der Waals surface area contributed by atoms with Gasteiger partial charge in [0, 0.05) is 17.2 Å². The third-order valence-corrected chi connectivity index (χ3v) is 4.41. The predicted octanol–water partition coefficient (Wildman–Crippen LogP) is 3.03. The number of rotatable bonds is 4. The first kappa shape index (κ1) is 18.7. The van der Waals surface area contributed by atoms with E-state index in [0.29, 0.717) is 11.1 Å². The highest BCUT2D eigenvalue weighted by Gasteiger charge is 2.28. The summed E-state index contributed by atoms with van der Waals surface area (Å²) in [6.07, 6.45) is 1.02. The van der Waals surface area contributed by atoms with Gasteiger partial charge in [0.25, 0.3) is 0 Å². The Morgan fingerprint density at radius 2 is 2.07 bits per heavy atom. The van der Waals surface area contributed by atoms with E-state index in [-0.39, 0.29) is 24.5 Å². The minimum Gasteiger partial charge on any atom is -0.348 e. The molecule has 0 saturated carbocycles. The van der Waals surface area contributed by atoms with Crippen LogP contribution in [0, 0.1) is 24.4 Å². The number of carbonyl (C=O) groups is 2. The van der Waals surface area contributed by atoms with E-state index in [9.17, 15) is 22.8 Å². The van der Waals surface area contributed by atoms with Crippen LogP contribution >= 0.6 is 0 Å². The lowest BCUT2D eigenvalue weighted by atomic mass is 10.1. The Morgan fingerprint density at radius 3 is 2.78 bits per heavy atom. The first-order chi connectivity index (χ1) is 12.8. The molecular weight excluding hydrogens is 361 g/mol. The molecule has 0 unspecified atom stereocenters. The Balaban J connectivity index is 1.68. The Labute approximate surface area is 153 Å². The van der Waals surface area contributed by atoms with E-state index in [1.165, 1.54) is 11.0 Å². The van der Waals surface area contributed by atoms with Crippen LogP contribution in [0.25, 0.3) is 0 Å². The maximum atomic E-state index is 13.8. The maximum absolute atomic E-state index is 13.8. The fourth-order valence-corrected chi connectivity index (χ4v) is 2.88. The zero-order chi connectivity index (χ0) is 19.7. The van der Waals surface area contributed by atoms with Crippen molar-refractivity contribution in [2.75, 3.05) is 11.9 Å². The average molecular weight is 378 g/mol. The van der Waals surface area contributed by atoms with Gasteiger partial charge in [0.1, 0.15) is 29.8 Å². The number of nitrogens with zero attached hydrogens (tertiary/aromatic N) is 2. The molecule has 1 atom stereocenters. The molecule has 9 heteroatoms. The molecule has 6 nitrogen and oxygen atoms in total.